The summed E-state index contributed by atoms with van der Waals surface area (Å²) in [6, 6.07) is 9.52. The van der Waals surface area contributed by atoms with E-state index in [1.165, 1.54) is 13.0 Å². The summed E-state index contributed by atoms with van der Waals surface area (Å²) < 4.78 is 44.0. The van der Waals surface area contributed by atoms with E-state index < -0.39 is 17.6 Å². The zero-order valence-corrected chi connectivity index (χ0v) is 14.8. The second-order valence-corrected chi connectivity index (χ2v) is 5.74. The first-order chi connectivity index (χ1) is 12.7. The standard InChI is InChI=1S/C19H19F3N2O3/c1-3-27-17-9-6-14(19(20,21)22)11-16(17)24-18(26)10-13-4-7-15(8-5-13)23-12(2)25/h4-9,11H,3,10H2,1-2H3,(H,23,25)(H,24,26). The van der Waals surface area contributed by atoms with Crippen LogP contribution in [-0.4, -0.2) is 18.4 Å². The van der Waals surface area contributed by atoms with E-state index in [4.69, 9.17) is 4.74 Å². The van der Waals surface area contributed by atoms with Crippen LogP contribution in [0.1, 0.15) is 25.0 Å². The third-order valence-corrected chi connectivity index (χ3v) is 3.52. The molecular weight excluding hydrogens is 361 g/mol. The Morgan fingerprint density at radius 3 is 2.26 bits per heavy atom. The van der Waals surface area contributed by atoms with Crippen LogP contribution in [-0.2, 0) is 22.2 Å². The molecule has 0 bridgehead atoms. The molecule has 0 aliphatic heterocycles. The molecule has 0 saturated carbocycles. The van der Waals surface area contributed by atoms with E-state index in [0.717, 1.165) is 12.1 Å². The lowest BCUT2D eigenvalue weighted by molar-refractivity contribution is -0.137. The number of rotatable bonds is 6. The molecule has 2 aromatic rings. The number of anilines is 2. The molecule has 0 radical (unpaired) electrons. The minimum absolute atomic E-state index is 0.0356. The number of carbonyl (C=O) groups is 2. The highest BCUT2D eigenvalue weighted by atomic mass is 19.4. The van der Waals surface area contributed by atoms with Crippen molar-refractivity contribution < 1.29 is 27.5 Å². The number of ether oxygens (including phenoxy) is 1. The topological polar surface area (TPSA) is 67.4 Å². The maximum Gasteiger partial charge on any atom is 0.416 e. The molecule has 2 aromatic carbocycles. The Bertz CT molecular complexity index is 818. The normalized spacial score (nSPS) is 11.0. The van der Waals surface area contributed by atoms with Gasteiger partial charge in [0, 0.05) is 12.6 Å². The van der Waals surface area contributed by atoms with Gasteiger partial charge in [-0.1, -0.05) is 12.1 Å². The van der Waals surface area contributed by atoms with Crippen LogP contribution >= 0.6 is 0 Å². The van der Waals surface area contributed by atoms with Gasteiger partial charge >= 0.3 is 6.18 Å². The van der Waals surface area contributed by atoms with Crippen molar-refractivity contribution in [1.29, 1.82) is 0 Å². The molecule has 2 amide bonds. The maximum absolute atomic E-state index is 12.9. The van der Waals surface area contributed by atoms with Crippen molar-refractivity contribution >= 4 is 23.2 Å². The second-order valence-electron chi connectivity index (χ2n) is 5.74. The molecule has 144 valence electrons. The zero-order chi connectivity index (χ0) is 20.0. The zero-order valence-electron chi connectivity index (χ0n) is 14.8. The molecule has 0 aromatic heterocycles. The Labute approximate surface area is 154 Å². The highest BCUT2D eigenvalue weighted by Crippen LogP contribution is 2.35. The number of halogens is 3. The van der Waals surface area contributed by atoms with Gasteiger partial charge in [0.2, 0.25) is 11.8 Å². The number of alkyl halides is 3. The van der Waals surface area contributed by atoms with E-state index in [1.807, 2.05) is 0 Å². The van der Waals surface area contributed by atoms with Crippen LogP contribution in [0.15, 0.2) is 42.5 Å². The van der Waals surface area contributed by atoms with Gasteiger partial charge in [-0.25, -0.2) is 0 Å². The van der Waals surface area contributed by atoms with Crippen molar-refractivity contribution in [2.75, 3.05) is 17.2 Å². The van der Waals surface area contributed by atoms with Crippen LogP contribution in [0.4, 0.5) is 24.5 Å². The van der Waals surface area contributed by atoms with Gasteiger partial charge < -0.3 is 15.4 Å². The van der Waals surface area contributed by atoms with Crippen molar-refractivity contribution in [3.05, 3.63) is 53.6 Å². The lowest BCUT2D eigenvalue weighted by atomic mass is 10.1. The third-order valence-electron chi connectivity index (χ3n) is 3.52. The van der Waals surface area contributed by atoms with Gasteiger partial charge in [0.15, 0.2) is 0 Å². The molecule has 0 atom stereocenters. The molecule has 5 nitrogen and oxygen atoms in total. The lowest BCUT2D eigenvalue weighted by Crippen LogP contribution is -2.16. The summed E-state index contributed by atoms with van der Waals surface area (Å²) in [5, 5.41) is 5.07. The van der Waals surface area contributed by atoms with Crippen molar-refractivity contribution in [3.63, 3.8) is 0 Å². The summed E-state index contributed by atoms with van der Waals surface area (Å²) in [5.74, 6) is -0.532. The highest BCUT2D eigenvalue weighted by Gasteiger charge is 2.31. The Hall–Kier alpha value is -3.03. The monoisotopic (exact) mass is 380 g/mol. The first-order valence-corrected chi connectivity index (χ1v) is 8.19. The van der Waals surface area contributed by atoms with Crippen molar-refractivity contribution in [2.24, 2.45) is 0 Å². The fourth-order valence-electron chi connectivity index (χ4n) is 2.37. The number of benzene rings is 2. The van der Waals surface area contributed by atoms with Gasteiger partial charge in [-0.2, -0.15) is 13.2 Å². The largest absolute Gasteiger partial charge is 0.492 e. The van der Waals surface area contributed by atoms with E-state index in [2.05, 4.69) is 10.6 Å². The van der Waals surface area contributed by atoms with E-state index >= 15 is 0 Å². The maximum atomic E-state index is 12.9. The van der Waals surface area contributed by atoms with Crippen molar-refractivity contribution in [1.82, 2.24) is 0 Å². The van der Waals surface area contributed by atoms with Crippen molar-refractivity contribution in [3.8, 4) is 5.75 Å². The lowest BCUT2D eigenvalue weighted by Gasteiger charge is -2.15. The van der Waals surface area contributed by atoms with E-state index in [9.17, 15) is 22.8 Å². The van der Waals surface area contributed by atoms with Gasteiger partial charge in [-0.05, 0) is 42.8 Å². The number of amides is 2. The average molecular weight is 380 g/mol. The van der Waals surface area contributed by atoms with Gasteiger partial charge in [0.25, 0.3) is 0 Å². The molecule has 0 unspecified atom stereocenters. The molecule has 0 aliphatic rings. The van der Waals surface area contributed by atoms with Crippen molar-refractivity contribution in [2.45, 2.75) is 26.4 Å². The van der Waals surface area contributed by atoms with E-state index in [-0.39, 0.29) is 30.4 Å². The fourth-order valence-corrected chi connectivity index (χ4v) is 2.37. The summed E-state index contributed by atoms with van der Waals surface area (Å²) in [6.07, 6.45) is -4.56. The molecule has 2 N–H and O–H groups in total. The van der Waals surface area contributed by atoms with Crippen LogP contribution in [0.3, 0.4) is 0 Å². The molecule has 27 heavy (non-hydrogen) atoms. The van der Waals surface area contributed by atoms with Crippen LogP contribution in [0.2, 0.25) is 0 Å². The molecular formula is C19H19F3N2O3. The second kappa shape index (κ2) is 8.57. The molecule has 0 saturated heterocycles. The predicted molar refractivity (Wildman–Crippen MR) is 95.7 cm³/mol. The number of hydrogen-bond acceptors (Lipinski definition) is 3. The molecule has 0 fully saturated rings. The minimum atomic E-state index is -4.52. The van der Waals surface area contributed by atoms with Gasteiger partial charge in [-0.3, -0.25) is 9.59 Å². The smallest absolute Gasteiger partial charge is 0.416 e. The summed E-state index contributed by atoms with van der Waals surface area (Å²) in [4.78, 5) is 23.2. The van der Waals surface area contributed by atoms with Gasteiger partial charge in [0.05, 0.1) is 24.3 Å². The highest BCUT2D eigenvalue weighted by molar-refractivity contribution is 5.94. The Kier molecular flexibility index (Phi) is 6.44. The number of carbonyl (C=O) groups excluding carboxylic acids is 2. The van der Waals surface area contributed by atoms with E-state index in [0.29, 0.717) is 11.3 Å². The molecule has 2 rings (SSSR count). The van der Waals surface area contributed by atoms with Gasteiger partial charge in [0.1, 0.15) is 5.75 Å². The molecule has 0 aliphatic carbocycles. The minimum Gasteiger partial charge on any atom is -0.492 e. The first-order valence-electron chi connectivity index (χ1n) is 8.19. The van der Waals surface area contributed by atoms with Crippen LogP contribution in [0, 0.1) is 0 Å². The van der Waals surface area contributed by atoms with Crippen LogP contribution in [0.5, 0.6) is 5.75 Å². The van der Waals surface area contributed by atoms with Crippen LogP contribution < -0.4 is 15.4 Å². The third kappa shape index (κ3) is 6.02. The van der Waals surface area contributed by atoms with Crippen LogP contribution in [0.25, 0.3) is 0 Å². The molecule has 0 heterocycles. The SMILES string of the molecule is CCOc1ccc(C(F)(F)F)cc1NC(=O)Cc1ccc(NC(C)=O)cc1. The summed E-state index contributed by atoms with van der Waals surface area (Å²) >= 11 is 0. The number of nitrogens with one attached hydrogen (secondary N) is 2. The average Bonchev–Trinajstić information content (AvgIpc) is 2.57. The van der Waals surface area contributed by atoms with Gasteiger partial charge in [-0.15, -0.1) is 0 Å². The Balaban J connectivity index is 2.13. The first kappa shape index (κ1) is 20.3. The van der Waals surface area contributed by atoms with E-state index in [1.54, 1.807) is 31.2 Å². The summed E-state index contributed by atoms with van der Waals surface area (Å²) in [5.41, 5.74) is 0.321. The summed E-state index contributed by atoms with van der Waals surface area (Å²) in [6.45, 7) is 3.32. The number of hydrogen-bond donors (Lipinski definition) is 2. The molecule has 0 spiro atoms. The predicted octanol–water partition coefficient (Wildman–Crippen LogP) is 4.24. The fraction of sp³-hybridized carbons (Fsp3) is 0.263. The Morgan fingerprint density at radius 1 is 1.04 bits per heavy atom. The summed E-state index contributed by atoms with van der Waals surface area (Å²) in [7, 11) is 0. The Morgan fingerprint density at radius 2 is 1.70 bits per heavy atom. The molecule has 8 heteroatoms. The quantitative estimate of drug-likeness (QED) is 0.788.